The minimum Gasteiger partial charge on any atom is -0.437 e. The minimum absolute atomic E-state index is 0.670. The monoisotopic (exact) mass is 293 g/mol. The molecule has 0 aliphatic heterocycles. The van der Waals surface area contributed by atoms with Crippen molar-refractivity contribution in [2.24, 2.45) is 5.73 Å². The quantitative estimate of drug-likeness (QED) is 0.697. The van der Waals surface area contributed by atoms with Crippen molar-refractivity contribution in [1.82, 2.24) is 0 Å². The van der Waals surface area contributed by atoms with E-state index in [0.717, 1.165) is 0 Å². The molecule has 0 saturated carbocycles. The molecule has 0 bridgehead atoms. The fourth-order valence-corrected chi connectivity index (χ4v) is 15.2. The van der Waals surface area contributed by atoms with E-state index in [1.165, 1.54) is 18.9 Å². The Hall–Kier alpha value is 0.531. The molecule has 0 radical (unpaired) electrons. The maximum atomic E-state index is 6.40. The van der Waals surface area contributed by atoms with Crippen molar-refractivity contribution >= 4 is 25.2 Å². The van der Waals surface area contributed by atoms with E-state index in [2.05, 4.69) is 46.2 Å². The zero-order chi connectivity index (χ0) is 13.7. The second kappa shape index (κ2) is 6.63. The van der Waals surface area contributed by atoms with Crippen molar-refractivity contribution in [1.29, 1.82) is 0 Å². The lowest BCUT2D eigenvalue weighted by Gasteiger charge is -2.38. The summed E-state index contributed by atoms with van der Waals surface area (Å²) in [5.74, 6) is 0. The zero-order valence-electron chi connectivity index (χ0n) is 12.7. The summed E-state index contributed by atoms with van der Waals surface area (Å²) in [6.45, 7) is 15.5. The maximum absolute atomic E-state index is 6.40. The van der Waals surface area contributed by atoms with Gasteiger partial charge < -0.3 is 14.0 Å². The van der Waals surface area contributed by atoms with Gasteiger partial charge in [0.25, 0.3) is 0 Å². The summed E-state index contributed by atoms with van der Waals surface area (Å²) in [4.78, 5) is 0. The molecule has 104 valence electrons. The lowest BCUT2D eigenvalue weighted by molar-refractivity contribution is 0.388. The van der Waals surface area contributed by atoms with Crippen molar-refractivity contribution < 1.29 is 8.23 Å². The zero-order valence-corrected chi connectivity index (χ0v) is 15.7. The molecule has 0 aliphatic rings. The van der Waals surface area contributed by atoms with Crippen LogP contribution < -0.4 is 5.73 Å². The Morgan fingerprint density at radius 3 is 1.76 bits per heavy atom. The van der Waals surface area contributed by atoms with Crippen LogP contribution in [0.1, 0.15) is 19.8 Å². The van der Waals surface area contributed by atoms with Gasteiger partial charge in [-0.3, -0.25) is 0 Å². The van der Waals surface area contributed by atoms with E-state index in [9.17, 15) is 0 Å². The summed E-state index contributed by atoms with van der Waals surface area (Å²) in [6.07, 6.45) is 3.18. The fraction of sp³-hybridized carbons (Fsp3) is 1.00. The van der Waals surface area contributed by atoms with Crippen LogP contribution in [0, 0.1) is 0 Å². The highest BCUT2D eigenvalue weighted by Crippen LogP contribution is 2.23. The van der Waals surface area contributed by atoms with Gasteiger partial charge in [-0.25, -0.2) is 0 Å². The smallest absolute Gasteiger partial charge is 0.311 e. The number of unbranched alkanes of at least 4 members (excludes halogenated alkanes) is 1. The average molecular weight is 294 g/mol. The van der Waals surface area contributed by atoms with Crippen molar-refractivity contribution in [3.63, 3.8) is 0 Å². The van der Waals surface area contributed by atoms with Crippen LogP contribution in [0.4, 0.5) is 0 Å². The highest BCUT2D eigenvalue weighted by atomic mass is 28.5. The third kappa shape index (κ3) is 8.28. The van der Waals surface area contributed by atoms with Crippen molar-refractivity contribution in [2.45, 2.75) is 65.1 Å². The average Bonchev–Trinajstić information content (AvgIpc) is 2.11. The summed E-state index contributed by atoms with van der Waals surface area (Å²) >= 11 is 0. The molecule has 0 rings (SSSR count). The number of hydrogen-bond acceptors (Lipinski definition) is 3. The predicted molar refractivity (Wildman–Crippen MR) is 83.4 cm³/mol. The molecular formula is C11H31NO2Si3. The molecule has 0 fully saturated rings. The largest absolute Gasteiger partial charge is 0.437 e. The molecule has 0 spiro atoms. The summed E-state index contributed by atoms with van der Waals surface area (Å²) in [5, 5.41) is 0. The lowest BCUT2D eigenvalue weighted by atomic mass is 10.4. The predicted octanol–water partition coefficient (Wildman–Crippen LogP) is 3.43. The van der Waals surface area contributed by atoms with Crippen molar-refractivity contribution in [3.05, 3.63) is 0 Å². The van der Waals surface area contributed by atoms with E-state index in [-0.39, 0.29) is 0 Å². The van der Waals surface area contributed by atoms with Gasteiger partial charge in [0.15, 0.2) is 16.6 Å². The summed E-state index contributed by atoms with van der Waals surface area (Å²) in [5.41, 5.74) is 5.77. The molecule has 0 aromatic heterocycles. The Bertz CT molecular complexity index is 233. The molecule has 3 nitrogen and oxygen atoms in total. The van der Waals surface area contributed by atoms with E-state index in [4.69, 9.17) is 14.0 Å². The van der Waals surface area contributed by atoms with Gasteiger partial charge in [0.05, 0.1) is 0 Å². The van der Waals surface area contributed by atoms with Crippen LogP contribution in [0.5, 0.6) is 0 Å². The molecular weight excluding hydrogens is 262 g/mol. The van der Waals surface area contributed by atoms with Crippen LogP contribution >= 0.6 is 0 Å². The van der Waals surface area contributed by atoms with E-state index in [1.807, 2.05) is 0 Å². The van der Waals surface area contributed by atoms with Crippen molar-refractivity contribution in [3.8, 4) is 0 Å². The van der Waals surface area contributed by atoms with Crippen LogP contribution in [0.25, 0.3) is 0 Å². The van der Waals surface area contributed by atoms with Gasteiger partial charge in [-0.05, 0) is 45.3 Å². The Kier molecular flexibility index (Phi) is 6.83. The Balaban J connectivity index is 4.42. The first-order chi connectivity index (χ1) is 7.54. The van der Waals surface area contributed by atoms with E-state index >= 15 is 0 Å². The molecule has 0 aromatic rings. The van der Waals surface area contributed by atoms with Gasteiger partial charge in [0.1, 0.15) is 0 Å². The Morgan fingerprint density at radius 2 is 1.35 bits per heavy atom. The van der Waals surface area contributed by atoms with Gasteiger partial charge >= 0.3 is 8.56 Å². The van der Waals surface area contributed by atoms with Gasteiger partial charge in [0, 0.05) is 6.17 Å². The van der Waals surface area contributed by atoms with Crippen LogP contribution in [0.2, 0.25) is 45.3 Å². The third-order valence-electron chi connectivity index (χ3n) is 2.67. The normalized spacial score (nSPS) is 14.1. The molecule has 0 atom stereocenters. The van der Waals surface area contributed by atoms with Crippen LogP contribution in [0.15, 0.2) is 0 Å². The molecule has 0 heterocycles. The second-order valence-corrected chi connectivity index (χ2v) is 18.8. The standard InChI is InChI=1S/C11H31NO2Si3/c1-8-9-10-15(2,3)13-17(6,7)14-16(4,5)11-12/h8-12H2,1-7H3. The first-order valence-electron chi connectivity index (χ1n) is 6.64. The fourth-order valence-electron chi connectivity index (χ4n) is 2.05. The van der Waals surface area contributed by atoms with E-state index in [0.29, 0.717) is 6.17 Å². The van der Waals surface area contributed by atoms with Gasteiger partial charge in [0.2, 0.25) is 0 Å². The molecule has 0 unspecified atom stereocenters. The van der Waals surface area contributed by atoms with Crippen LogP contribution in [-0.2, 0) is 8.23 Å². The van der Waals surface area contributed by atoms with Crippen LogP contribution in [-0.4, -0.2) is 31.4 Å². The highest BCUT2D eigenvalue weighted by Gasteiger charge is 2.38. The highest BCUT2D eigenvalue weighted by molar-refractivity contribution is 6.87. The van der Waals surface area contributed by atoms with Gasteiger partial charge in [-0.15, -0.1) is 0 Å². The molecule has 0 saturated heterocycles. The SMILES string of the molecule is CCCC[Si](C)(C)O[Si](C)(C)O[Si](C)(C)CN. The summed E-state index contributed by atoms with van der Waals surface area (Å²) < 4.78 is 12.7. The molecule has 0 aliphatic carbocycles. The Labute approximate surface area is 111 Å². The Morgan fingerprint density at radius 1 is 0.882 bits per heavy atom. The second-order valence-electron chi connectivity index (χ2n) is 6.43. The molecule has 6 heteroatoms. The number of rotatable bonds is 8. The summed E-state index contributed by atoms with van der Waals surface area (Å²) in [7, 11) is -5.26. The first-order valence-corrected chi connectivity index (χ1v) is 15.7. The van der Waals surface area contributed by atoms with Gasteiger partial charge in [-0.1, -0.05) is 19.8 Å². The number of nitrogens with two attached hydrogens (primary N) is 1. The van der Waals surface area contributed by atoms with E-state index in [1.54, 1.807) is 0 Å². The molecule has 0 amide bonds. The first kappa shape index (κ1) is 17.5. The van der Waals surface area contributed by atoms with Crippen LogP contribution in [0.3, 0.4) is 0 Å². The minimum atomic E-state index is -2.00. The lowest BCUT2D eigenvalue weighted by Crippen LogP contribution is -2.54. The molecule has 0 aromatic carbocycles. The molecule has 2 N–H and O–H groups in total. The summed E-state index contributed by atoms with van der Waals surface area (Å²) in [6, 6.07) is 1.23. The number of hydrogen-bond donors (Lipinski definition) is 1. The van der Waals surface area contributed by atoms with Gasteiger partial charge in [-0.2, -0.15) is 0 Å². The topological polar surface area (TPSA) is 44.5 Å². The maximum Gasteiger partial charge on any atom is 0.311 e. The third-order valence-corrected chi connectivity index (χ3v) is 13.6. The van der Waals surface area contributed by atoms with Crippen molar-refractivity contribution in [2.75, 3.05) is 6.17 Å². The van der Waals surface area contributed by atoms with E-state index < -0.39 is 25.2 Å². The molecule has 17 heavy (non-hydrogen) atoms.